The zero-order chi connectivity index (χ0) is 13.9. The van der Waals surface area contributed by atoms with Gasteiger partial charge in [0.05, 0.1) is 6.54 Å². The van der Waals surface area contributed by atoms with E-state index < -0.39 is 0 Å². The second kappa shape index (κ2) is 6.12. The van der Waals surface area contributed by atoms with Gasteiger partial charge in [0.1, 0.15) is 6.04 Å². The molecule has 112 valence electrons. The quantitative estimate of drug-likeness (QED) is 0.829. The number of nitrogens with zero attached hydrogens (tertiary/aromatic N) is 2. The maximum Gasteiger partial charge on any atom is 0.245 e. The highest BCUT2D eigenvalue weighted by molar-refractivity contribution is 5.95. The summed E-state index contributed by atoms with van der Waals surface area (Å²) in [5.41, 5.74) is 0. The van der Waals surface area contributed by atoms with Gasteiger partial charge in [-0.2, -0.15) is 0 Å². The Hall–Kier alpha value is -1.10. The number of hydrogen-bond donors (Lipinski definition) is 1. The van der Waals surface area contributed by atoms with E-state index in [1.54, 1.807) is 9.80 Å². The van der Waals surface area contributed by atoms with E-state index in [4.69, 9.17) is 0 Å². The van der Waals surface area contributed by atoms with E-state index in [2.05, 4.69) is 5.32 Å². The fraction of sp³-hybridized carbons (Fsp3) is 0.867. The molecule has 3 fully saturated rings. The topological polar surface area (TPSA) is 52.7 Å². The number of hydrogen-bond acceptors (Lipinski definition) is 3. The van der Waals surface area contributed by atoms with Crippen LogP contribution in [0.2, 0.25) is 0 Å². The normalized spacial score (nSPS) is 31.4. The maximum atomic E-state index is 12.5. The van der Waals surface area contributed by atoms with Crippen LogP contribution in [-0.4, -0.2) is 59.9 Å². The Labute approximate surface area is 120 Å². The Morgan fingerprint density at radius 3 is 2.75 bits per heavy atom. The number of piperidine rings is 2. The van der Waals surface area contributed by atoms with Gasteiger partial charge in [-0.15, -0.1) is 0 Å². The van der Waals surface area contributed by atoms with E-state index in [1.807, 2.05) is 0 Å². The summed E-state index contributed by atoms with van der Waals surface area (Å²) in [4.78, 5) is 28.2. The van der Waals surface area contributed by atoms with Gasteiger partial charge in [0.15, 0.2) is 0 Å². The van der Waals surface area contributed by atoms with Gasteiger partial charge in [0, 0.05) is 19.1 Å². The monoisotopic (exact) mass is 279 g/mol. The molecule has 0 aromatic heterocycles. The Morgan fingerprint density at radius 1 is 1.10 bits per heavy atom. The van der Waals surface area contributed by atoms with Gasteiger partial charge >= 0.3 is 0 Å². The van der Waals surface area contributed by atoms with Crippen LogP contribution in [0.1, 0.15) is 44.9 Å². The summed E-state index contributed by atoms with van der Waals surface area (Å²) in [6, 6.07) is 0.361. The first-order chi connectivity index (χ1) is 9.75. The first kappa shape index (κ1) is 13.9. The van der Waals surface area contributed by atoms with E-state index in [-0.39, 0.29) is 17.9 Å². The summed E-state index contributed by atoms with van der Waals surface area (Å²) in [5.74, 6) is 0.325. The molecule has 1 N–H and O–H groups in total. The first-order valence-corrected chi connectivity index (χ1v) is 8.07. The van der Waals surface area contributed by atoms with Crippen molar-refractivity contribution in [2.45, 2.75) is 57.0 Å². The van der Waals surface area contributed by atoms with Crippen LogP contribution in [0.4, 0.5) is 0 Å². The van der Waals surface area contributed by atoms with Crippen molar-refractivity contribution in [2.75, 3.05) is 26.2 Å². The lowest BCUT2D eigenvalue weighted by atomic mass is 9.97. The van der Waals surface area contributed by atoms with E-state index >= 15 is 0 Å². The molecule has 3 aliphatic rings. The van der Waals surface area contributed by atoms with Crippen molar-refractivity contribution < 1.29 is 9.59 Å². The lowest BCUT2D eigenvalue weighted by Gasteiger charge is -2.43. The van der Waals surface area contributed by atoms with Gasteiger partial charge < -0.3 is 15.1 Å². The molecule has 5 heteroatoms. The number of rotatable bonds is 3. The highest BCUT2D eigenvalue weighted by Gasteiger charge is 2.40. The summed E-state index contributed by atoms with van der Waals surface area (Å²) in [6.45, 7) is 2.88. The molecular formula is C15H25N3O2. The molecule has 0 bridgehead atoms. The van der Waals surface area contributed by atoms with Crippen LogP contribution in [0.3, 0.4) is 0 Å². The molecule has 3 aliphatic heterocycles. The van der Waals surface area contributed by atoms with E-state index in [0.29, 0.717) is 12.6 Å². The molecule has 20 heavy (non-hydrogen) atoms. The Bertz CT molecular complexity index is 379. The molecule has 2 amide bonds. The molecule has 2 unspecified atom stereocenters. The second-order valence-electron chi connectivity index (χ2n) is 6.29. The van der Waals surface area contributed by atoms with Gasteiger partial charge in [-0.25, -0.2) is 0 Å². The highest BCUT2D eigenvalue weighted by Crippen LogP contribution is 2.23. The minimum Gasteiger partial charge on any atom is -0.332 e. The molecule has 3 rings (SSSR count). The van der Waals surface area contributed by atoms with E-state index in [0.717, 1.165) is 45.3 Å². The number of carbonyl (C=O) groups excluding carboxylic acids is 2. The number of nitrogens with one attached hydrogen (secondary N) is 1. The van der Waals surface area contributed by atoms with Gasteiger partial charge in [0.25, 0.3) is 0 Å². The largest absolute Gasteiger partial charge is 0.332 e. The minimum atomic E-state index is -0.163. The lowest BCUT2D eigenvalue weighted by molar-refractivity contribution is -0.157. The van der Waals surface area contributed by atoms with Crippen molar-refractivity contribution in [1.29, 1.82) is 0 Å². The SMILES string of the molecule is O=C1C2CCCCN2C(=O)CN1CCC1CCCCN1. The summed E-state index contributed by atoms with van der Waals surface area (Å²) < 4.78 is 0. The molecule has 0 spiro atoms. The smallest absolute Gasteiger partial charge is 0.245 e. The summed E-state index contributed by atoms with van der Waals surface area (Å²) in [5, 5.41) is 3.51. The van der Waals surface area contributed by atoms with Crippen LogP contribution in [-0.2, 0) is 9.59 Å². The zero-order valence-corrected chi connectivity index (χ0v) is 12.1. The predicted molar refractivity (Wildman–Crippen MR) is 76.2 cm³/mol. The Balaban J connectivity index is 1.56. The molecule has 0 radical (unpaired) electrons. The van der Waals surface area contributed by atoms with Crippen LogP contribution in [0.15, 0.2) is 0 Å². The highest BCUT2D eigenvalue weighted by atomic mass is 16.2. The molecule has 5 nitrogen and oxygen atoms in total. The fourth-order valence-electron chi connectivity index (χ4n) is 3.70. The number of fused-ring (bicyclic) bond motifs is 1. The van der Waals surface area contributed by atoms with Gasteiger partial charge in [-0.05, 0) is 45.1 Å². The average molecular weight is 279 g/mol. The van der Waals surface area contributed by atoms with Crippen LogP contribution < -0.4 is 5.32 Å². The van der Waals surface area contributed by atoms with Gasteiger partial charge in [0.2, 0.25) is 11.8 Å². The van der Waals surface area contributed by atoms with Crippen molar-refractivity contribution in [3.8, 4) is 0 Å². The van der Waals surface area contributed by atoms with Crippen molar-refractivity contribution in [3.63, 3.8) is 0 Å². The first-order valence-electron chi connectivity index (χ1n) is 8.07. The third-order valence-corrected chi connectivity index (χ3v) is 4.91. The molecule has 3 heterocycles. The zero-order valence-electron chi connectivity index (χ0n) is 12.1. The van der Waals surface area contributed by atoms with Crippen LogP contribution in [0, 0.1) is 0 Å². The number of carbonyl (C=O) groups is 2. The molecule has 2 atom stereocenters. The average Bonchev–Trinajstić information content (AvgIpc) is 2.50. The summed E-state index contributed by atoms with van der Waals surface area (Å²) >= 11 is 0. The standard InChI is InChI=1S/C15H25N3O2/c19-14-11-17(10-7-12-5-1-3-8-16-12)15(20)13-6-2-4-9-18(13)14/h12-13,16H,1-11H2. The summed E-state index contributed by atoms with van der Waals surface area (Å²) in [6.07, 6.45) is 7.68. The third kappa shape index (κ3) is 2.82. The molecule has 0 aliphatic carbocycles. The van der Waals surface area contributed by atoms with E-state index in [9.17, 15) is 9.59 Å². The van der Waals surface area contributed by atoms with Gasteiger partial charge in [-0.1, -0.05) is 6.42 Å². The number of piperazine rings is 1. The minimum absolute atomic E-state index is 0.144. The van der Waals surface area contributed by atoms with Crippen molar-refractivity contribution in [2.24, 2.45) is 0 Å². The second-order valence-corrected chi connectivity index (χ2v) is 6.29. The predicted octanol–water partition coefficient (Wildman–Crippen LogP) is 0.742. The molecule has 0 saturated carbocycles. The fourth-order valence-corrected chi connectivity index (χ4v) is 3.70. The van der Waals surface area contributed by atoms with Crippen LogP contribution >= 0.6 is 0 Å². The number of amides is 2. The lowest BCUT2D eigenvalue weighted by Crippen LogP contribution is -2.61. The van der Waals surface area contributed by atoms with Gasteiger partial charge in [-0.3, -0.25) is 9.59 Å². The molecular weight excluding hydrogens is 254 g/mol. The molecule has 0 aromatic rings. The molecule has 3 saturated heterocycles. The summed E-state index contributed by atoms with van der Waals surface area (Å²) in [7, 11) is 0. The van der Waals surface area contributed by atoms with Crippen molar-refractivity contribution in [3.05, 3.63) is 0 Å². The third-order valence-electron chi connectivity index (χ3n) is 4.91. The Kier molecular flexibility index (Phi) is 4.24. The van der Waals surface area contributed by atoms with Crippen LogP contribution in [0.5, 0.6) is 0 Å². The Morgan fingerprint density at radius 2 is 1.95 bits per heavy atom. The molecule has 0 aromatic carbocycles. The van der Waals surface area contributed by atoms with Crippen molar-refractivity contribution >= 4 is 11.8 Å². The van der Waals surface area contributed by atoms with E-state index in [1.165, 1.54) is 19.3 Å². The van der Waals surface area contributed by atoms with Crippen LogP contribution in [0.25, 0.3) is 0 Å². The maximum absolute atomic E-state index is 12.5. The van der Waals surface area contributed by atoms with Crippen molar-refractivity contribution in [1.82, 2.24) is 15.1 Å².